The van der Waals surface area contributed by atoms with Gasteiger partial charge in [0.1, 0.15) is 5.82 Å². The molecule has 1 aromatic heterocycles. The fraction of sp³-hybridized carbons (Fsp3) is 0.286. The van der Waals surface area contributed by atoms with Crippen molar-refractivity contribution >= 4 is 23.0 Å². The van der Waals surface area contributed by atoms with Gasteiger partial charge in [-0.25, -0.2) is 9.97 Å². The zero-order valence-electron chi connectivity index (χ0n) is 12.2. The third-order valence-electron chi connectivity index (χ3n) is 3.40. The van der Waals surface area contributed by atoms with Crippen molar-refractivity contribution in [2.75, 3.05) is 5.73 Å². The van der Waals surface area contributed by atoms with Gasteiger partial charge in [0.25, 0.3) is 0 Å². The van der Waals surface area contributed by atoms with Crippen LogP contribution in [0.2, 0.25) is 5.15 Å². The van der Waals surface area contributed by atoms with Gasteiger partial charge in [-0.3, -0.25) is 10.1 Å². The van der Waals surface area contributed by atoms with Crippen LogP contribution in [0.15, 0.2) is 6.07 Å². The van der Waals surface area contributed by atoms with Crippen LogP contribution in [0.4, 0.5) is 11.4 Å². The highest BCUT2D eigenvalue weighted by atomic mass is 35.5. The van der Waals surface area contributed by atoms with Crippen molar-refractivity contribution in [3.8, 4) is 11.3 Å². The van der Waals surface area contributed by atoms with Crippen LogP contribution in [0.5, 0.6) is 0 Å². The molecule has 0 saturated carbocycles. The number of aryl methyl sites for hydroxylation is 3. The summed E-state index contributed by atoms with van der Waals surface area (Å²) in [6.07, 6.45) is 0. The summed E-state index contributed by atoms with van der Waals surface area (Å²) in [4.78, 5) is 18.8. The molecular weight excluding hydrogens is 292 g/mol. The average molecular weight is 307 g/mol. The number of halogens is 1. The number of hydrogen-bond acceptors (Lipinski definition) is 5. The number of anilines is 1. The molecule has 110 valence electrons. The topological polar surface area (TPSA) is 94.9 Å². The second-order valence-corrected chi connectivity index (χ2v) is 5.30. The summed E-state index contributed by atoms with van der Waals surface area (Å²) in [5, 5.41) is 11.1. The lowest BCUT2D eigenvalue weighted by molar-refractivity contribution is -0.384. The summed E-state index contributed by atoms with van der Waals surface area (Å²) in [6.45, 7) is 7.22. The Labute approximate surface area is 127 Å². The number of benzene rings is 1. The lowest BCUT2D eigenvalue weighted by Gasteiger charge is -2.15. The number of hydrogen-bond donors (Lipinski definition) is 1. The molecule has 0 aliphatic heterocycles. The zero-order valence-corrected chi connectivity index (χ0v) is 12.9. The molecule has 0 spiro atoms. The van der Waals surface area contributed by atoms with E-state index in [9.17, 15) is 10.1 Å². The first-order chi connectivity index (χ1) is 9.73. The lowest BCUT2D eigenvalue weighted by Crippen LogP contribution is -2.05. The minimum absolute atomic E-state index is 0.166. The monoisotopic (exact) mass is 306 g/mol. The van der Waals surface area contributed by atoms with Crippen molar-refractivity contribution in [3.05, 3.63) is 43.8 Å². The number of nitrogens with zero attached hydrogens (tertiary/aromatic N) is 3. The van der Waals surface area contributed by atoms with Gasteiger partial charge in [0, 0.05) is 11.3 Å². The van der Waals surface area contributed by atoms with E-state index in [0.29, 0.717) is 17.1 Å². The molecule has 0 amide bonds. The molecule has 7 heteroatoms. The Morgan fingerprint density at radius 2 is 1.81 bits per heavy atom. The van der Waals surface area contributed by atoms with Crippen LogP contribution in [-0.2, 0) is 0 Å². The summed E-state index contributed by atoms with van der Waals surface area (Å²) in [5.74, 6) is 0.374. The lowest BCUT2D eigenvalue weighted by atomic mass is 9.94. The minimum Gasteiger partial charge on any atom is -0.398 e. The van der Waals surface area contributed by atoms with E-state index in [1.54, 1.807) is 6.92 Å². The Morgan fingerprint density at radius 3 is 2.38 bits per heavy atom. The second-order valence-electron chi connectivity index (χ2n) is 4.94. The van der Waals surface area contributed by atoms with E-state index in [2.05, 4.69) is 9.97 Å². The molecule has 0 aliphatic carbocycles. The molecule has 1 aromatic carbocycles. The van der Waals surface area contributed by atoms with Gasteiger partial charge in [-0.05, 0) is 44.4 Å². The van der Waals surface area contributed by atoms with Crippen molar-refractivity contribution in [2.45, 2.75) is 27.7 Å². The van der Waals surface area contributed by atoms with E-state index >= 15 is 0 Å². The maximum atomic E-state index is 11.3. The first-order valence-corrected chi connectivity index (χ1v) is 6.67. The van der Waals surface area contributed by atoms with Gasteiger partial charge in [0.05, 0.1) is 4.92 Å². The molecule has 21 heavy (non-hydrogen) atoms. The van der Waals surface area contributed by atoms with E-state index in [-0.39, 0.29) is 16.5 Å². The quantitative estimate of drug-likeness (QED) is 0.396. The van der Waals surface area contributed by atoms with Crippen molar-refractivity contribution in [1.29, 1.82) is 0 Å². The molecule has 2 N–H and O–H groups in total. The molecule has 0 fully saturated rings. The summed E-state index contributed by atoms with van der Waals surface area (Å²) in [6, 6.07) is 1.88. The number of rotatable bonds is 2. The second kappa shape index (κ2) is 5.29. The van der Waals surface area contributed by atoms with Gasteiger partial charge in [-0.2, -0.15) is 0 Å². The van der Waals surface area contributed by atoms with Crippen molar-refractivity contribution in [1.82, 2.24) is 9.97 Å². The van der Waals surface area contributed by atoms with E-state index in [1.807, 2.05) is 26.8 Å². The molecule has 0 radical (unpaired) electrons. The Kier molecular flexibility index (Phi) is 3.82. The SMILES string of the molecule is Cc1nc(Cl)c([N+](=O)[O-])c(-c2c(C)cc(C)c(N)c2C)n1. The summed E-state index contributed by atoms with van der Waals surface area (Å²) in [5.41, 5.74) is 9.73. The number of aromatic nitrogens is 2. The maximum absolute atomic E-state index is 11.3. The highest BCUT2D eigenvalue weighted by Crippen LogP contribution is 2.39. The van der Waals surface area contributed by atoms with Crippen molar-refractivity contribution in [2.24, 2.45) is 0 Å². The predicted molar refractivity (Wildman–Crippen MR) is 82.5 cm³/mol. The molecular formula is C14H15ClN4O2. The molecule has 0 aliphatic rings. The molecule has 0 unspecified atom stereocenters. The van der Waals surface area contributed by atoms with Crippen LogP contribution in [0.3, 0.4) is 0 Å². The summed E-state index contributed by atoms with van der Waals surface area (Å²) < 4.78 is 0. The number of nitrogens with two attached hydrogens (primary N) is 1. The van der Waals surface area contributed by atoms with Gasteiger partial charge in [-0.15, -0.1) is 0 Å². The normalized spacial score (nSPS) is 10.7. The standard InChI is InChI=1S/C14H15ClN4O2/c1-6-5-7(2)11(16)8(3)10(6)12-13(19(20)21)14(15)18-9(4)17-12/h5H,16H2,1-4H3. The maximum Gasteiger partial charge on any atom is 0.332 e. The van der Waals surface area contributed by atoms with Crippen molar-refractivity contribution in [3.63, 3.8) is 0 Å². The molecule has 0 atom stereocenters. The molecule has 0 saturated heterocycles. The first kappa shape index (κ1) is 15.2. The van der Waals surface area contributed by atoms with Crippen LogP contribution >= 0.6 is 11.6 Å². The average Bonchev–Trinajstić information content (AvgIpc) is 2.34. The third kappa shape index (κ3) is 2.54. The molecule has 2 rings (SSSR count). The molecule has 6 nitrogen and oxygen atoms in total. The summed E-state index contributed by atoms with van der Waals surface area (Å²) in [7, 11) is 0. The minimum atomic E-state index is -0.563. The fourth-order valence-electron chi connectivity index (χ4n) is 2.43. The van der Waals surface area contributed by atoms with Gasteiger partial charge in [0.15, 0.2) is 5.69 Å². The Morgan fingerprint density at radius 1 is 1.19 bits per heavy atom. The Hall–Kier alpha value is -2.21. The highest BCUT2D eigenvalue weighted by Gasteiger charge is 2.26. The van der Waals surface area contributed by atoms with Crippen molar-refractivity contribution < 1.29 is 4.92 Å². The van der Waals surface area contributed by atoms with E-state index in [4.69, 9.17) is 17.3 Å². The Balaban J connectivity index is 2.91. The van der Waals surface area contributed by atoms with Crippen LogP contribution in [0, 0.1) is 37.8 Å². The van der Waals surface area contributed by atoms with Gasteiger partial charge in [-0.1, -0.05) is 17.7 Å². The van der Waals surface area contributed by atoms with Crippen LogP contribution in [-0.4, -0.2) is 14.9 Å². The smallest absolute Gasteiger partial charge is 0.332 e. The Bertz CT molecular complexity index is 759. The van der Waals surface area contributed by atoms with Gasteiger partial charge in [0.2, 0.25) is 5.15 Å². The summed E-state index contributed by atoms with van der Waals surface area (Å²) >= 11 is 5.93. The largest absolute Gasteiger partial charge is 0.398 e. The van der Waals surface area contributed by atoms with Gasteiger partial charge < -0.3 is 5.73 Å². The first-order valence-electron chi connectivity index (χ1n) is 6.29. The fourth-order valence-corrected chi connectivity index (χ4v) is 2.71. The van der Waals surface area contributed by atoms with Crippen LogP contribution in [0.25, 0.3) is 11.3 Å². The zero-order chi connectivity index (χ0) is 15.9. The van der Waals surface area contributed by atoms with E-state index in [0.717, 1.165) is 16.7 Å². The van der Waals surface area contributed by atoms with Crippen LogP contribution in [0.1, 0.15) is 22.5 Å². The van der Waals surface area contributed by atoms with Gasteiger partial charge >= 0.3 is 5.69 Å². The van der Waals surface area contributed by atoms with E-state index < -0.39 is 4.92 Å². The molecule has 1 heterocycles. The third-order valence-corrected chi connectivity index (χ3v) is 3.67. The number of nitrogen functional groups attached to an aromatic ring is 1. The predicted octanol–water partition coefficient (Wildman–Crippen LogP) is 3.52. The van der Waals surface area contributed by atoms with E-state index in [1.165, 1.54) is 0 Å². The number of nitro groups is 1. The highest BCUT2D eigenvalue weighted by molar-refractivity contribution is 6.32. The molecule has 2 aromatic rings. The van der Waals surface area contributed by atoms with Crippen LogP contribution < -0.4 is 5.73 Å². The molecule has 0 bridgehead atoms.